The van der Waals surface area contributed by atoms with Crippen LogP contribution in [0.3, 0.4) is 0 Å². The van der Waals surface area contributed by atoms with Gasteiger partial charge in [0.15, 0.2) is 0 Å². The molecule has 106 valence electrons. The van der Waals surface area contributed by atoms with Gasteiger partial charge in [0, 0.05) is 44.0 Å². The molecule has 7 heteroatoms. The van der Waals surface area contributed by atoms with E-state index in [1.54, 1.807) is 6.20 Å². The van der Waals surface area contributed by atoms with E-state index in [9.17, 15) is 8.42 Å². The maximum Gasteiger partial charge on any atom is 0.211 e. The quantitative estimate of drug-likeness (QED) is 0.856. The first-order valence-electron chi connectivity index (χ1n) is 6.30. The van der Waals surface area contributed by atoms with Gasteiger partial charge in [0.2, 0.25) is 10.0 Å². The Morgan fingerprint density at radius 1 is 1.32 bits per heavy atom. The van der Waals surface area contributed by atoms with Crippen LogP contribution < -0.4 is 10.6 Å². The number of hydrogen-bond donors (Lipinski definition) is 1. The van der Waals surface area contributed by atoms with Gasteiger partial charge in [0.05, 0.1) is 6.26 Å². The van der Waals surface area contributed by atoms with Crippen molar-refractivity contribution in [2.75, 3.05) is 37.3 Å². The van der Waals surface area contributed by atoms with E-state index in [0.717, 1.165) is 11.4 Å². The zero-order chi connectivity index (χ0) is 14.0. The molecule has 2 rings (SSSR count). The van der Waals surface area contributed by atoms with Crippen molar-refractivity contribution in [1.82, 2.24) is 9.29 Å². The molecule has 1 aliphatic rings. The number of piperazine rings is 1. The van der Waals surface area contributed by atoms with Crippen molar-refractivity contribution in [2.45, 2.75) is 13.0 Å². The Kier molecular flexibility index (Phi) is 4.07. The molecular formula is C12H20N4O2S. The molecule has 1 fully saturated rings. The summed E-state index contributed by atoms with van der Waals surface area (Å²) >= 11 is 0. The third-order valence-electron chi connectivity index (χ3n) is 3.31. The zero-order valence-electron chi connectivity index (χ0n) is 11.3. The van der Waals surface area contributed by atoms with E-state index in [4.69, 9.17) is 5.73 Å². The number of pyridine rings is 1. The smallest absolute Gasteiger partial charge is 0.211 e. The standard InChI is InChI=1S/C12H20N4O2S/c1-10(13)11-4-3-5-14-12(11)15-6-8-16(9-7-15)19(2,17)18/h3-5,10H,6-9,13H2,1-2H3. The Labute approximate surface area is 114 Å². The van der Waals surface area contributed by atoms with E-state index >= 15 is 0 Å². The molecule has 0 bridgehead atoms. The molecule has 2 N–H and O–H groups in total. The highest BCUT2D eigenvalue weighted by Crippen LogP contribution is 2.23. The lowest BCUT2D eigenvalue weighted by molar-refractivity contribution is 0.386. The first-order valence-corrected chi connectivity index (χ1v) is 8.15. The van der Waals surface area contributed by atoms with Crippen LogP contribution in [0.1, 0.15) is 18.5 Å². The topological polar surface area (TPSA) is 79.5 Å². The van der Waals surface area contributed by atoms with Gasteiger partial charge in [-0.15, -0.1) is 0 Å². The normalized spacial score (nSPS) is 19.4. The van der Waals surface area contributed by atoms with E-state index in [2.05, 4.69) is 9.88 Å². The molecule has 1 atom stereocenters. The van der Waals surface area contributed by atoms with Crippen LogP contribution in [0, 0.1) is 0 Å². The zero-order valence-corrected chi connectivity index (χ0v) is 12.1. The Hall–Kier alpha value is -1.18. The van der Waals surface area contributed by atoms with Crippen molar-refractivity contribution < 1.29 is 8.42 Å². The Balaban J connectivity index is 2.14. The van der Waals surface area contributed by atoms with Crippen molar-refractivity contribution in [1.29, 1.82) is 0 Å². The number of nitrogens with two attached hydrogens (primary N) is 1. The van der Waals surface area contributed by atoms with E-state index < -0.39 is 10.0 Å². The highest BCUT2D eigenvalue weighted by atomic mass is 32.2. The van der Waals surface area contributed by atoms with E-state index in [-0.39, 0.29) is 6.04 Å². The summed E-state index contributed by atoms with van der Waals surface area (Å²) in [7, 11) is -3.10. The van der Waals surface area contributed by atoms with Gasteiger partial charge < -0.3 is 10.6 Å². The predicted octanol–water partition coefficient (Wildman–Crippen LogP) is 0.183. The van der Waals surface area contributed by atoms with Crippen molar-refractivity contribution in [3.8, 4) is 0 Å². The maximum absolute atomic E-state index is 11.5. The number of nitrogens with zero attached hydrogens (tertiary/aromatic N) is 3. The molecule has 2 heterocycles. The van der Waals surface area contributed by atoms with Crippen LogP contribution in [-0.4, -0.2) is 50.1 Å². The fourth-order valence-corrected chi connectivity index (χ4v) is 3.09. The molecule has 19 heavy (non-hydrogen) atoms. The van der Waals surface area contributed by atoms with E-state index in [1.807, 2.05) is 19.1 Å². The minimum atomic E-state index is -3.10. The maximum atomic E-state index is 11.5. The molecule has 1 unspecified atom stereocenters. The Morgan fingerprint density at radius 3 is 2.47 bits per heavy atom. The molecular weight excluding hydrogens is 264 g/mol. The summed E-state index contributed by atoms with van der Waals surface area (Å²) in [5.41, 5.74) is 6.94. The summed E-state index contributed by atoms with van der Waals surface area (Å²) in [4.78, 5) is 6.49. The minimum Gasteiger partial charge on any atom is -0.354 e. The lowest BCUT2D eigenvalue weighted by Crippen LogP contribution is -2.49. The number of aromatic nitrogens is 1. The van der Waals surface area contributed by atoms with Crippen LogP contribution in [0.4, 0.5) is 5.82 Å². The van der Waals surface area contributed by atoms with Crippen LogP contribution in [0.25, 0.3) is 0 Å². The highest BCUT2D eigenvalue weighted by Gasteiger charge is 2.25. The highest BCUT2D eigenvalue weighted by molar-refractivity contribution is 7.88. The number of anilines is 1. The van der Waals surface area contributed by atoms with Crippen molar-refractivity contribution in [3.05, 3.63) is 23.9 Å². The molecule has 0 saturated carbocycles. The second-order valence-electron chi connectivity index (χ2n) is 4.85. The third kappa shape index (κ3) is 3.23. The van der Waals surface area contributed by atoms with Crippen LogP contribution in [0.2, 0.25) is 0 Å². The predicted molar refractivity (Wildman–Crippen MR) is 75.5 cm³/mol. The fraction of sp³-hybridized carbons (Fsp3) is 0.583. The van der Waals surface area contributed by atoms with Gasteiger partial charge in [-0.3, -0.25) is 0 Å². The molecule has 0 aromatic carbocycles. The van der Waals surface area contributed by atoms with E-state index in [1.165, 1.54) is 10.6 Å². The van der Waals surface area contributed by atoms with Crippen LogP contribution in [0.5, 0.6) is 0 Å². The SMILES string of the molecule is CC(N)c1cccnc1N1CCN(S(C)(=O)=O)CC1. The summed E-state index contributed by atoms with van der Waals surface area (Å²) in [6, 6.07) is 3.75. The largest absolute Gasteiger partial charge is 0.354 e. The lowest BCUT2D eigenvalue weighted by Gasteiger charge is -2.35. The average Bonchev–Trinajstić information content (AvgIpc) is 2.38. The molecule has 0 radical (unpaired) electrons. The monoisotopic (exact) mass is 284 g/mol. The van der Waals surface area contributed by atoms with Gasteiger partial charge >= 0.3 is 0 Å². The second kappa shape index (κ2) is 5.44. The van der Waals surface area contributed by atoms with Gasteiger partial charge in [-0.05, 0) is 13.0 Å². The van der Waals surface area contributed by atoms with Crippen LogP contribution >= 0.6 is 0 Å². The van der Waals surface area contributed by atoms with Gasteiger partial charge in [0.1, 0.15) is 5.82 Å². The van der Waals surface area contributed by atoms with Crippen molar-refractivity contribution >= 4 is 15.8 Å². The molecule has 0 spiro atoms. The average molecular weight is 284 g/mol. The number of sulfonamides is 1. The molecule has 0 amide bonds. The lowest BCUT2D eigenvalue weighted by atomic mass is 10.1. The summed E-state index contributed by atoms with van der Waals surface area (Å²) in [5.74, 6) is 0.866. The molecule has 1 aromatic rings. The molecule has 0 aliphatic carbocycles. The first-order chi connectivity index (χ1) is 8.89. The fourth-order valence-electron chi connectivity index (χ4n) is 2.26. The molecule has 1 saturated heterocycles. The van der Waals surface area contributed by atoms with Gasteiger partial charge in [-0.25, -0.2) is 13.4 Å². The van der Waals surface area contributed by atoms with Crippen LogP contribution in [0.15, 0.2) is 18.3 Å². The first kappa shape index (κ1) is 14.2. The van der Waals surface area contributed by atoms with Gasteiger partial charge in [-0.1, -0.05) is 6.07 Å². The summed E-state index contributed by atoms with van der Waals surface area (Å²) in [5, 5.41) is 0. The minimum absolute atomic E-state index is 0.0864. The number of hydrogen-bond acceptors (Lipinski definition) is 5. The summed E-state index contributed by atoms with van der Waals surface area (Å²) in [6.45, 7) is 4.20. The van der Waals surface area contributed by atoms with E-state index in [0.29, 0.717) is 26.2 Å². The van der Waals surface area contributed by atoms with Crippen molar-refractivity contribution in [3.63, 3.8) is 0 Å². The summed E-state index contributed by atoms with van der Waals surface area (Å²) in [6.07, 6.45) is 2.99. The third-order valence-corrected chi connectivity index (χ3v) is 4.62. The number of rotatable bonds is 3. The van der Waals surface area contributed by atoms with Gasteiger partial charge in [0.25, 0.3) is 0 Å². The Morgan fingerprint density at radius 2 is 1.95 bits per heavy atom. The molecule has 1 aromatic heterocycles. The second-order valence-corrected chi connectivity index (χ2v) is 6.84. The van der Waals surface area contributed by atoms with Crippen molar-refractivity contribution in [2.24, 2.45) is 5.73 Å². The molecule has 1 aliphatic heterocycles. The van der Waals surface area contributed by atoms with Gasteiger partial charge in [-0.2, -0.15) is 4.31 Å². The van der Waals surface area contributed by atoms with Crippen LogP contribution in [-0.2, 0) is 10.0 Å². The Bertz CT molecular complexity index is 536. The molecule has 6 nitrogen and oxygen atoms in total. The summed E-state index contributed by atoms with van der Waals surface area (Å²) < 4.78 is 24.5.